The van der Waals surface area contributed by atoms with E-state index in [0.29, 0.717) is 73.4 Å². The normalized spacial score (nSPS) is 15.9. The maximum absolute atomic E-state index is 14.7. The van der Waals surface area contributed by atoms with Gasteiger partial charge in [-0.2, -0.15) is 5.10 Å². The second-order valence-electron chi connectivity index (χ2n) is 13.6. The number of methoxy groups -OCH3 is 1. The summed E-state index contributed by atoms with van der Waals surface area (Å²) in [5.74, 6) is 0.237. The summed E-state index contributed by atoms with van der Waals surface area (Å²) in [4.78, 5) is 40.7. The molecule has 0 aliphatic carbocycles. The molecule has 1 atom stereocenters. The Balaban J connectivity index is 1.10. The van der Waals surface area contributed by atoms with E-state index in [4.69, 9.17) is 4.74 Å². The number of aromatic nitrogens is 3. The number of ether oxygens (including phenoxy) is 1. The highest BCUT2D eigenvalue weighted by Crippen LogP contribution is 2.44. The Morgan fingerprint density at radius 1 is 1.08 bits per heavy atom. The number of aliphatic hydroxyl groups excluding tert-OH is 1. The van der Waals surface area contributed by atoms with Crippen molar-refractivity contribution in [1.82, 2.24) is 24.6 Å². The van der Waals surface area contributed by atoms with Crippen LogP contribution < -0.4 is 20.5 Å². The molecular weight excluding hydrogens is 658 g/mol. The molecule has 51 heavy (non-hydrogen) atoms. The number of carbonyl (C=O) groups excluding carboxylic acids is 2. The summed E-state index contributed by atoms with van der Waals surface area (Å²) in [5, 5.41) is 17.6. The molecule has 4 heterocycles. The molecule has 2 aromatic carbocycles. The summed E-state index contributed by atoms with van der Waals surface area (Å²) in [6.07, 6.45) is 5.96. The molecule has 1 fully saturated rings. The first kappa shape index (κ1) is 36.0. The van der Waals surface area contributed by atoms with Crippen molar-refractivity contribution in [2.45, 2.75) is 77.4 Å². The molecule has 6 rings (SSSR count). The van der Waals surface area contributed by atoms with Crippen molar-refractivity contribution in [2.75, 3.05) is 38.2 Å². The topological polar surface area (TPSA) is 122 Å². The fourth-order valence-electron chi connectivity index (χ4n) is 7.23. The van der Waals surface area contributed by atoms with Gasteiger partial charge in [0.05, 0.1) is 37.2 Å². The number of anilines is 2. The quantitative estimate of drug-likeness (QED) is 0.179. The van der Waals surface area contributed by atoms with Crippen LogP contribution in [0.2, 0.25) is 0 Å². The van der Waals surface area contributed by atoms with Crippen LogP contribution in [-0.2, 0) is 29.6 Å². The van der Waals surface area contributed by atoms with Gasteiger partial charge in [-0.25, -0.2) is 8.78 Å². The monoisotopic (exact) mass is 704 g/mol. The van der Waals surface area contributed by atoms with Gasteiger partial charge in [-0.1, -0.05) is 12.8 Å². The number of nitrogens with one attached hydrogen (secondary N) is 1. The number of likely N-dealkylation sites (tertiary alicyclic amines) is 1. The van der Waals surface area contributed by atoms with E-state index in [-0.39, 0.29) is 29.5 Å². The third-order valence-corrected chi connectivity index (χ3v) is 10.0. The first-order valence-corrected chi connectivity index (χ1v) is 17.7. The van der Waals surface area contributed by atoms with Crippen LogP contribution >= 0.6 is 0 Å². The van der Waals surface area contributed by atoms with E-state index in [1.807, 2.05) is 30.5 Å². The molecule has 0 spiro atoms. The number of rotatable bonds is 13. The Hall–Kier alpha value is -4.78. The van der Waals surface area contributed by atoms with Crippen LogP contribution in [0.25, 0.3) is 22.0 Å². The molecule has 2 N–H and O–H groups in total. The lowest BCUT2D eigenvalue weighted by Crippen LogP contribution is -2.39. The minimum Gasteiger partial charge on any atom is -0.497 e. The molecule has 11 nitrogen and oxygen atoms in total. The van der Waals surface area contributed by atoms with Gasteiger partial charge >= 0.3 is 0 Å². The zero-order valence-corrected chi connectivity index (χ0v) is 29.5. The third kappa shape index (κ3) is 7.93. The first-order valence-electron chi connectivity index (χ1n) is 17.7. The number of carbonyl (C=O) groups is 2. The second kappa shape index (κ2) is 15.6. The minimum absolute atomic E-state index is 0.0503. The standard InChI is InChI=1S/C38H46F2N6O5/c1-24-15-31-33(43(2)38(24)50)17-28(51-3)18-34(31)46-13-8-9-25-16-29(30(37(39)40)19-32(25)46)26-20-42-45(22-26)12-7-5-4-6-10-35(48)41-21-36(49)44-14-11-27(47)23-44/h15-20,22,27,37,47H,4-14,21,23H2,1-3H3,(H,41,48). The van der Waals surface area contributed by atoms with Crippen molar-refractivity contribution in [1.29, 1.82) is 0 Å². The molecule has 1 saturated heterocycles. The van der Waals surface area contributed by atoms with Gasteiger partial charge < -0.3 is 29.5 Å². The summed E-state index contributed by atoms with van der Waals surface area (Å²) in [7, 11) is 3.30. The highest BCUT2D eigenvalue weighted by Gasteiger charge is 2.27. The van der Waals surface area contributed by atoms with Crippen LogP contribution in [0.5, 0.6) is 5.75 Å². The van der Waals surface area contributed by atoms with Gasteiger partial charge in [0.2, 0.25) is 11.8 Å². The van der Waals surface area contributed by atoms with Crippen molar-refractivity contribution in [2.24, 2.45) is 7.05 Å². The number of aryl methyl sites for hydroxylation is 4. The van der Waals surface area contributed by atoms with E-state index >= 15 is 0 Å². The van der Waals surface area contributed by atoms with Gasteiger partial charge in [-0.15, -0.1) is 0 Å². The molecule has 2 aromatic heterocycles. The van der Waals surface area contributed by atoms with Gasteiger partial charge in [0.15, 0.2) is 0 Å². The molecule has 13 heteroatoms. The number of amides is 2. The van der Waals surface area contributed by atoms with E-state index < -0.39 is 12.5 Å². The molecule has 2 aliphatic heterocycles. The van der Waals surface area contributed by atoms with E-state index in [9.17, 15) is 28.3 Å². The van der Waals surface area contributed by atoms with E-state index in [1.54, 1.807) is 47.5 Å². The number of nitrogens with zero attached hydrogens (tertiary/aromatic N) is 5. The van der Waals surface area contributed by atoms with Gasteiger partial charge in [0.25, 0.3) is 12.0 Å². The molecular formula is C38H46F2N6O5. The number of pyridine rings is 1. The zero-order chi connectivity index (χ0) is 36.2. The maximum atomic E-state index is 14.7. The lowest BCUT2D eigenvalue weighted by Gasteiger charge is -2.34. The highest BCUT2D eigenvalue weighted by molar-refractivity contribution is 5.97. The molecule has 272 valence electrons. The number of benzene rings is 2. The SMILES string of the molecule is COc1cc(N2CCCc3cc(-c4cnn(CCCCCCC(=O)NCC(=O)N5CCC(O)C5)c4)c(C(F)F)cc32)c2cc(C)c(=O)n(C)c2c1. The first-order chi connectivity index (χ1) is 24.5. The largest absolute Gasteiger partial charge is 0.497 e. The van der Waals surface area contributed by atoms with Crippen molar-refractivity contribution in [3.63, 3.8) is 0 Å². The Morgan fingerprint density at radius 2 is 1.88 bits per heavy atom. The van der Waals surface area contributed by atoms with Crippen LogP contribution in [0.1, 0.15) is 68.1 Å². The van der Waals surface area contributed by atoms with Crippen molar-refractivity contribution >= 4 is 34.1 Å². The van der Waals surface area contributed by atoms with E-state index in [0.717, 1.165) is 54.4 Å². The number of unbranched alkanes of at least 4 members (excludes halogenated alkanes) is 3. The lowest BCUT2D eigenvalue weighted by atomic mass is 9.92. The molecule has 1 unspecified atom stereocenters. The molecule has 2 amide bonds. The highest BCUT2D eigenvalue weighted by atomic mass is 19.3. The average molecular weight is 705 g/mol. The van der Waals surface area contributed by atoms with E-state index in [2.05, 4.69) is 15.3 Å². The van der Waals surface area contributed by atoms with Crippen molar-refractivity contribution in [3.8, 4) is 16.9 Å². The molecule has 4 aromatic rings. The third-order valence-electron chi connectivity index (χ3n) is 10.0. The van der Waals surface area contributed by atoms with Crippen molar-refractivity contribution in [3.05, 3.63) is 69.8 Å². The summed E-state index contributed by atoms with van der Waals surface area (Å²) < 4.78 is 38.4. The van der Waals surface area contributed by atoms with Crippen LogP contribution in [0.15, 0.2) is 47.5 Å². The lowest BCUT2D eigenvalue weighted by molar-refractivity contribution is -0.132. The Kier molecular flexibility index (Phi) is 11.0. The molecule has 0 saturated carbocycles. The summed E-state index contributed by atoms with van der Waals surface area (Å²) in [6, 6.07) is 9.07. The molecule has 0 radical (unpaired) electrons. The van der Waals surface area contributed by atoms with Gasteiger partial charge in [0.1, 0.15) is 5.75 Å². The fraction of sp³-hybridized carbons (Fsp3) is 0.474. The minimum atomic E-state index is -2.70. The summed E-state index contributed by atoms with van der Waals surface area (Å²) in [5.41, 5.74) is 4.75. The Bertz CT molecular complexity index is 1970. The summed E-state index contributed by atoms with van der Waals surface area (Å²) >= 11 is 0. The van der Waals surface area contributed by atoms with Gasteiger partial charge in [-0.3, -0.25) is 19.1 Å². The number of alkyl halides is 2. The van der Waals surface area contributed by atoms with Crippen molar-refractivity contribution < 1.29 is 28.2 Å². The van der Waals surface area contributed by atoms with E-state index in [1.165, 1.54) is 0 Å². The zero-order valence-electron chi connectivity index (χ0n) is 29.5. The number of fused-ring (bicyclic) bond motifs is 2. The maximum Gasteiger partial charge on any atom is 0.264 e. The van der Waals surface area contributed by atoms with Crippen LogP contribution in [0, 0.1) is 6.92 Å². The predicted octanol–water partition coefficient (Wildman–Crippen LogP) is 5.40. The van der Waals surface area contributed by atoms with Gasteiger partial charge in [0, 0.05) is 85.7 Å². The number of hydrogen-bond donors (Lipinski definition) is 2. The average Bonchev–Trinajstić information content (AvgIpc) is 3.79. The molecule has 0 bridgehead atoms. The van der Waals surface area contributed by atoms with Gasteiger partial charge in [-0.05, 0) is 68.4 Å². The fourth-order valence-corrected chi connectivity index (χ4v) is 7.23. The number of aliphatic hydroxyl groups is 1. The number of halogens is 2. The Labute approximate surface area is 295 Å². The van der Waals surface area contributed by atoms with Crippen LogP contribution in [0.4, 0.5) is 20.2 Å². The second-order valence-corrected chi connectivity index (χ2v) is 13.6. The Morgan fingerprint density at radius 3 is 2.63 bits per heavy atom. The molecule has 2 aliphatic rings. The predicted molar refractivity (Wildman–Crippen MR) is 192 cm³/mol. The summed E-state index contributed by atoms with van der Waals surface area (Å²) in [6.45, 7) is 3.81. The number of β-amino-alcohol motifs (C(OH)–C–C–N with tert-alkyl or cyclic N) is 1. The van der Waals surface area contributed by atoms with Crippen LogP contribution in [-0.4, -0.2) is 75.6 Å². The van der Waals surface area contributed by atoms with Crippen LogP contribution in [0.3, 0.4) is 0 Å². The smallest absolute Gasteiger partial charge is 0.264 e. The number of hydrogen-bond acceptors (Lipinski definition) is 7.